The van der Waals surface area contributed by atoms with E-state index in [-0.39, 0.29) is 11.9 Å². The zero-order valence-corrected chi connectivity index (χ0v) is 10.3. The van der Waals surface area contributed by atoms with Crippen LogP contribution in [0, 0.1) is 0 Å². The van der Waals surface area contributed by atoms with E-state index in [1.807, 2.05) is 32.0 Å². The molecule has 1 N–H and O–H groups in total. The zero-order valence-electron chi connectivity index (χ0n) is 9.53. The van der Waals surface area contributed by atoms with E-state index in [4.69, 9.17) is 11.6 Å². The molecular formula is C13H16ClNO. The van der Waals surface area contributed by atoms with Crippen molar-refractivity contribution in [3.05, 3.63) is 40.9 Å². The molecule has 0 heterocycles. The molecule has 1 rings (SSSR count). The van der Waals surface area contributed by atoms with Gasteiger partial charge in [0.1, 0.15) is 0 Å². The van der Waals surface area contributed by atoms with Gasteiger partial charge in [-0.05, 0) is 37.1 Å². The van der Waals surface area contributed by atoms with Crippen molar-refractivity contribution in [1.82, 2.24) is 5.32 Å². The van der Waals surface area contributed by atoms with E-state index in [1.165, 1.54) is 6.08 Å². The second-order valence-corrected chi connectivity index (χ2v) is 4.14. The second kappa shape index (κ2) is 6.33. The summed E-state index contributed by atoms with van der Waals surface area (Å²) in [7, 11) is 0. The van der Waals surface area contributed by atoms with Crippen LogP contribution < -0.4 is 5.32 Å². The van der Waals surface area contributed by atoms with Crippen LogP contribution in [0.3, 0.4) is 0 Å². The number of rotatable bonds is 4. The Balaban J connectivity index is 2.56. The molecule has 0 aliphatic heterocycles. The number of benzene rings is 1. The Kier molecular flexibility index (Phi) is 5.06. The van der Waals surface area contributed by atoms with Crippen LogP contribution in [0.25, 0.3) is 6.08 Å². The van der Waals surface area contributed by atoms with E-state index in [1.54, 1.807) is 12.1 Å². The molecule has 0 aliphatic carbocycles. The van der Waals surface area contributed by atoms with Gasteiger partial charge in [0.2, 0.25) is 5.91 Å². The Labute approximate surface area is 101 Å². The minimum atomic E-state index is -0.0747. The maximum Gasteiger partial charge on any atom is 0.244 e. The molecule has 0 radical (unpaired) electrons. The van der Waals surface area contributed by atoms with Crippen molar-refractivity contribution in [3.8, 4) is 0 Å². The lowest BCUT2D eigenvalue weighted by Gasteiger charge is -2.08. The van der Waals surface area contributed by atoms with Gasteiger partial charge in [-0.15, -0.1) is 0 Å². The van der Waals surface area contributed by atoms with Crippen LogP contribution in [0.2, 0.25) is 5.02 Å². The van der Waals surface area contributed by atoms with Crippen molar-refractivity contribution in [2.24, 2.45) is 0 Å². The molecule has 16 heavy (non-hydrogen) atoms. The van der Waals surface area contributed by atoms with Gasteiger partial charge < -0.3 is 5.32 Å². The second-order valence-electron chi connectivity index (χ2n) is 3.71. The van der Waals surface area contributed by atoms with Gasteiger partial charge in [-0.3, -0.25) is 4.79 Å². The van der Waals surface area contributed by atoms with E-state index >= 15 is 0 Å². The van der Waals surface area contributed by atoms with Crippen LogP contribution in [0.15, 0.2) is 30.3 Å². The van der Waals surface area contributed by atoms with E-state index in [0.717, 1.165) is 12.0 Å². The third-order valence-electron chi connectivity index (χ3n) is 2.28. The summed E-state index contributed by atoms with van der Waals surface area (Å²) in [5, 5.41) is 3.53. The lowest BCUT2D eigenvalue weighted by molar-refractivity contribution is -0.117. The topological polar surface area (TPSA) is 29.1 Å². The van der Waals surface area contributed by atoms with E-state index < -0.39 is 0 Å². The predicted molar refractivity (Wildman–Crippen MR) is 68.4 cm³/mol. The third kappa shape index (κ3) is 4.49. The zero-order chi connectivity index (χ0) is 12.0. The highest BCUT2D eigenvalue weighted by molar-refractivity contribution is 6.30. The van der Waals surface area contributed by atoms with Gasteiger partial charge in [0.15, 0.2) is 0 Å². The number of hydrogen-bond donors (Lipinski definition) is 1. The number of halogens is 1. The standard InChI is InChI=1S/C13H16ClNO/c1-3-10(2)15-13(16)8-7-11-5-4-6-12(14)9-11/h4-10H,3H2,1-2H3,(H,15,16). The summed E-state index contributed by atoms with van der Waals surface area (Å²) >= 11 is 5.83. The molecule has 0 aliphatic rings. The van der Waals surface area contributed by atoms with Gasteiger partial charge >= 0.3 is 0 Å². The quantitative estimate of drug-likeness (QED) is 0.801. The highest BCUT2D eigenvalue weighted by Crippen LogP contribution is 2.11. The van der Waals surface area contributed by atoms with Crippen molar-refractivity contribution in [1.29, 1.82) is 0 Å². The van der Waals surface area contributed by atoms with Crippen LogP contribution in [0.1, 0.15) is 25.8 Å². The van der Waals surface area contributed by atoms with Crippen LogP contribution in [-0.4, -0.2) is 11.9 Å². The number of carbonyl (C=O) groups is 1. The Hall–Kier alpha value is -1.28. The fraction of sp³-hybridized carbons (Fsp3) is 0.308. The molecule has 3 heteroatoms. The Morgan fingerprint density at radius 1 is 1.56 bits per heavy atom. The van der Waals surface area contributed by atoms with E-state index in [9.17, 15) is 4.79 Å². The Morgan fingerprint density at radius 2 is 2.31 bits per heavy atom. The summed E-state index contributed by atoms with van der Waals surface area (Å²) in [5.74, 6) is -0.0747. The van der Waals surface area contributed by atoms with Crippen LogP contribution in [0.5, 0.6) is 0 Å². The molecule has 0 saturated carbocycles. The normalized spacial score (nSPS) is 12.7. The first-order valence-electron chi connectivity index (χ1n) is 5.36. The monoisotopic (exact) mass is 237 g/mol. The highest BCUT2D eigenvalue weighted by Gasteiger charge is 2.00. The van der Waals surface area contributed by atoms with Crippen molar-refractivity contribution < 1.29 is 4.79 Å². The molecule has 1 atom stereocenters. The summed E-state index contributed by atoms with van der Waals surface area (Å²) in [6, 6.07) is 7.58. The largest absolute Gasteiger partial charge is 0.350 e. The maximum atomic E-state index is 11.4. The van der Waals surface area contributed by atoms with Gasteiger partial charge in [-0.25, -0.2) is 0 Å². The molecule has 0 saturated heterocycles. The van der Waals surface area contributed by atoms with E-state index in [2.05, 4.69) is 5.32 Å². The van der Waals surface area contributed by atoms with Crippen LogP contribution in [-0.2, 0) is 4.79 Å². The molecule has 2 nitrogen and oxygen atoms in total. The fourth-order valence-corrected chi connectivity index (χ4v) is 1.37. The van der Waals surface area contributed by atoms with Crippen molar-refractivity contribution in [2.45, 2.75) is 26.3 Å². The molecule has 0 bridgehead atoms. The summed E-state index contributed by atoms with van der Waals surface area (Å²) in [4.78, 5) is 11.4. The summed E-state index contributed by atoms with van der Waals surface area (Å²) in [5.41, 5.74) is 0.923. The van der Waals surface area contributed by atoms with Gasteiger partial charge in [0, 0.05) is 17.1 Å². The van der Waals surface area contributed by atoms with Crippen LogP contribution >= 0.6 is 11.6 Å². The lowest BCUT2D eigenvalue weighted by Crippen LogP contribution is -2.30. The van der Waals surface area contributed by atoms with Gasteiger partial charge in [0.05, 0.1) is 0 Å². The Bertz CT molecular complexity index is 387. The van der Waals surface area contributed by atoms with E-state index in [0.29, 0.717) is 5.02 Å². The molecule has 1 unspecified atom stereocenters. The molecule has 0 aromatic heterocycles. The number of nitrogens with one attached hydrogen (secondary N) is 1. The first-order valence-corrected chi connectivity index (χ1v) is 5.73. The number of carbonyl (C=O) groups excluding carboxylic acids is 1. The summed E-state index contributed by atoms with van der Waals surface area (Å²) < 4.78 is 0. The molecule has 86 valence electrons. The van der Waals surface area contributed by atoms with Gasteiger partial charge in [0.25, 0.3) is 0 Å². The molecule has 0 fully saturated rings. The minimum Gasteiger partial charge on any atom is -0.350 e. The summed E-state index contributed by atoms with van der Waals surface area (Å²) in [6.07, 6.45) is 4.21. The van der Waals surface area contributed by atoms with Crippen molar-refractivity contribution >= 4 is 23.6 Å². The minimum absolute atomic E-state index is 0.0747. The average Bonchev–Trinajstić information content (AvgIpc) is 2.26. The highest BCUT2D eigenvalue weighted by atomic mass is 35.5. The average molecular weight is 238 g/mol. The van der Waals surface area contributed by atoms with Gasteiger partial charge in [-0.2, -0.15) is 0 Å². The summed E-state index contributed by atoms with van der Waals surface area (Å²) in [6.45, 7) is 4.01. The van der Waals surface area contributed by atoms with Crippen molar-refractivity contribution in [3.63, 3.8) is 0 Å². The van der Waals surface area contributed by atoms with Crippen LogP contribution in [0.4, 0.5) is 0 Å². The lowest BCUT2D eigenvalue weighted by atomic mass is 10.2. The van der Waals surface area contributed by atoms with Crippen molar-refractivity contribution in [2.75, 3.05) is 0 Å². The third-order valence-corrected chi connectivity index (χ3v) is 2.51. The maximum absolute atomic E-state index is 11.4. The molecule has 1 aromatic carbocycles. The molecule has 1 aromatic rings. The number of hydrogen-bond acceptors (Lipinski definition) is 1. The number of amides is 1. The first kappa shape index (κ1) is 12.8. The fourth-order valence-electron chi connectivity index (χ4n) is 1.18. The smallest absolute Gasteiger partial charge is 0.244 e. The Morgan fingerprint density at radius 3 is 2.94 bits per heavy atom. The predicted octanol–water partition coefficient (Wildman–Crippen LogP) is 3.27. The first-order chi connectivity index (χ1) is 7.61. The van der Waals surface area contributed by atoms with Gasteiger partial charge in [-0.1, -0.05) is 30.7 Å². The molecule has 1 amide bonds. The molecular weight excluding hydrogens is 222 g/mol. The SMILES string of the molecule is CCC(C)NC(=O)C=Cc1cccc(Cl)c1. The molecule has 0 spiro atoms.